The van der Waals surface area contributed by atoms with Gasteiger partial charge in [-0.15, -0.1) is 0 Å². The molecule has 3 aromatic rings. The highest BCUT2D eigenvalue weighted by Gasteiger charge is 2.45. The van der Waals surface area contributed by atoms with Gasteiger partial charge in [-0.1, -0.05) is 48.5 Å². The van der Waals surface area contributed by atoms with Gasteiger partial charge in [-0.25, -0.2) is 0 Å². The van der Waals surface area contributed by atoms with Crippen LogP contribution >= 0.6 is 0 Å². The molecule has 0 aliphatic carbocycles. The van der Waals surface area contributed by atoms with E-state index < -0.39 is 0 Å². The molecule has 0 radical (unpaired) electrons. The maximum absolute atomic E-state index is 12.8. The lowest BCUT2D eigenvalue weighted by atomic mass is 9.79. The summed E-state index contributed by atoms with van der Waals surface area (Å²) in [6.07, 6.45) is 2.86. The van der Waals surface area contributed by atoms with E-state index in [1.807, 2.05) is 6.07 Å². The SMILES string of the molecule is Cn1c2c(c3ccccc31)C[C@H]1/C(=C\N)C(=O)C[C@@H]2N1Cc1ccccc1. The quantitative estimate of drug-likeness (QED) is 0.715. The Kier molecular flexibility index (Phi) is 3.69. The Balaban J connectivity index is 1.69. The van der Waals surface area contributed by atoms with Gasteiger partial charge < -0.3 is 10.3 Å². The van der Waals surface area contributed by atoms with Crippen LogP contribution in [0.4, 0.5) is 0 Å². The summed E-state index contributed by atoms with van der Waals surface area (Å²) in [5.74, 6) is 0.188. The Morgan fingerprint density at radius 1 is 1.04 bits per heavy atom. The third-order valence-corrected chi connectivity index (χ3v) is 6.22. The number of nitrogens with two attached hydrogens (primary N) is 1. The van der Waals surface area contributed by atoms with E-state index in [1.165, 1.54) is 33.9 Å². The second-order valence-electron chi connectivity index (χ2n) is 7.58. The Hall–Kier alpha value is -2.85. The predicted octanol–water partition coefficient (Wildman–Crippen LogP) is 3.46. The molecule has 4 heteroatoms. The predicted molar refractivity (Wildman–Crippen MR) is 107 cm³/mol. The number of para-hydroxylation sites is 1. The fourth-order valence-corrected chi connectivity index (χ4v) is 5.02. The molecule has 5 rings (SSSR count). The fourth-order valence-electron chi connectivity index (χ4n) is 5.02. The van der Waals surface area contributed by atoms with Crippen LogP contribution in [0.15, 0.2) is 66.4 Å². The highest BCUT2D eigenvalue weighted by atomic mass is 16.1. The smallest absolute Gasteiger partial charge is 0.163 e. The van der Waals surface area contributed by atoms with Crippen molar-refractivity contribution >= 4 is 16.7 Å². The van der Waals surface area contributed by atoms with Crippen LogP contribution in [0.5, 0.6) is 0 Å². The molecule has 3 heterocycles. The van der Waals surface area contributed by atoms with Crippen molar-refractivity contribution in [3.05, 3.63) is 83.2 Å². The first-order valence-electron chi connectivity index (χ1n) is 9.50. The molecule has 2 N–H and O–H groups in total. The number of aromatic nitrogens is 1. The van der Waals surface area contributed by atoms with E-state index in [1.54, 1.807) is 0 Å². The van der Waals surface area contributed by atoms with Crippen LogP contribution < -0.4 is 5.73 Å². The lowest BCUT2D eigenvalue weighted by Crippen LogP contribution is -2.51. The number of fused-ring (bicyclic) bond motifs is 6. The molecule has 2 bridgehead atoms. The number of hydrogen-bond acceptors (Lipinski definition) is 3. The largest absolute Gasteiger partial charge is 0.404 e. The zero-order chi connectivity index (χ0) is 18.5. The van der Waals surface area contributed by atoms with Crippen LogP contribution in [0, 0.1) is 0 Å². The number of carbonyl (C=O) groups excluding carboxylic acids is 1. The molecular formula is C23H23N3O. The van der Waals surface area contributed by atoms with E-state index in [-0.39, 0.29) is 17.9 Å². The highest BCUT2D eigenvalue weighted by Crippen LogP contribution is 2.46. The molecule has 1 saturated heterocycles. The van der Waals surface area contributed by atoms with Gasteiger partial charge in [-0.05, 0) is 23.6 Å². The van der Waals surface area contributed by atoms with Crippen LogP contribution in [-0.2, 0) is 24.8 Å². The second kappa shape index (κ2) is 6.10. The third kappa shape index (κ3) is 2.37. The lowest BCUT2D eigenvalue weighted by molar-refractivity contribution is -0.120. The van der Waals surface area contributed by atoms with Gasteiger partial charge in [0.2, 0.25) is 0 Å². The van der Waals surface area contributed by atoms with Crippen molar-refractivity contribution in [3.63, 3.8) is 0 Å². The van der Waals surface area contributed by atoms with Crippen molar-refractivity contribution < 1.29 is 4.79 Å². The highest BCUT2D eigenvalue weighted by molar-refractivity contribution is 5.99. The Morgan fingerprint density at radius 2 is 1.78 bits per heavy atom. The molecule has 0 unspecified atom stereocenters. The fraction of sp³-hybridized carbons (Fsp3) is 0.261. The van der Waals surface area contributed by atoms with Crippen LogP contribution in [0.1, 0.15) is 29.3 Å². The Morgan fingerprint density at radius 3 is 2.56 bits per heavy atom. The number of rotatable bonds is 2. The van der Waals surface area contributed by atoms with Gasteiger partial charge in [0.25, 0.3) is 0 Å². The van der Waals surface area contributed by atoms with Crippen molar-refractivity contribution in [3.8, 4) is 0 Å². The van der Waals surface area contributed by atoms with E-state index >= 15 is 0 Å². The van der Waals surface area contributed by atoms with Crippen LogP contribution in [-0.4, -0.2) is 21.3 Å². The summed E-state index contributed by atoms with van der Waals surface area (Å²) in [6.45, 7) is 0.821. The normalized spacial score (nSPS) is 23.7. The van der Waals surface area contributed by atoms with Gasteiger partial charge in [0.1, 0.15) is 0 Å². The molecular weight excluding hydrogens is 334 g/mol. The maximum Gasteiger partial charge on any atom is 0.163 e. The molecule has 2 atom stereocenters. The molecule has 2 aromatic carbocycles. The summed E-state index contributed by atoms with van der Waals surface area (Å²) in [4.78, 5) is 15.3. The van der Waals surface area contributed by atoms with Crippen molar-refractivity contribution in [2.24, 2.45) is 12.8 Å². The Bertz CT molecular complexity index is 1060. The second-order valence-corrected chi connectivity index (χ2v) is 7.58. The van der Waals surface area contributed by atoms with Gasteiger partial charge in [-0.3, -0.25) is 9.69 Å². The van der Waals surface area contributed by atoms with Gasteiger partial charge >= 0.3 is 0 Å². The molecule has 0 spiro atoms. The number of ketones is 1. The number of carbonyl (C=O) groups is 1. The number of benzene rings is 2. The molecule has 0 saturated carbocycles. The Labute approximate surface area is 158 Å². The van der Waals surface area contributed by atoms with E-state index in [0.29, 0.717) is 6.42 Å². The third-order valence-electron chi connectivity index (χ3n) is 6.22. The number of piperidine rings is 1. The molecule has 1 fully saturated rings. The average Bonchev–Trinajstić information content (AvgIpc) is 2.97. The zero-order valence-electron chi connectivity index (χ0n) is 15.4. The molecule has 0 amide bonds. The van der Waals surface area contributed by atoms with Gasteiger partial charge in [0.05, 0.1) is 6.04 Å². The topological polar surface area (TPSA) is 51.3 Å². The maximum atomic E-state index is 12.8. The van der Waals surface area contributed by atoms with E-state index in [9.17, 15) is 4.79 Å². The van der Waals surface area contributed by atoms with E-state index in [4.69, 9.17) is 5.73 Å². The van der Waals surface area contributed by atoms with Crippen LogP contribution in [0.3, 0.4) is 0 Å². The van der Waals surface area contributed by atoms with E-state index in [2.05, 4.69) is 65.0 Å². The monoisotopic (exact) mass is 357 g/mol. The first-order valence-corrected chi connectivity index (χ1v) is 9.50. The van der Waals surface area contributed by atoms with Crippen molar-refractivity contribution in [2.45, 2.75) is 31.5 Å². The molecule has 27 heavy (non-hydrogen) atoms. The van der Waals surface area contributed by atoms with Crippen molar-refractivity contribution in [1.29, 1.82) is 0 Å². The summed E-state index contributed by atoms with van der Waals surface area (Å²) in [7, 11) is 2.13. The van der Waals surface area contributed by atoms with Crippen LogP contribution in [0.2, 0.25) is 0 Å². The van der Waals surface area contributed by atoms with Gasteiger partial charge in [-0.2, -0.15) is 0 Å². The number of hydrogen-bond donors (Lipinski definition) is 1. The van der Waals surface area contributed by atoms with Crippen molar-refractivity contribution in [2.75, 3.05) is 0 Å². The summed E-state index contributed by atoms with van der Waals surface area (Å²) in [6, 6.07) is 19.2. The summed E-state index contributed by atoms with van der Waals surface area (Å²) >= 11 is 0. The van der Waals surface area contributed by atoms with Crippen molar-refractivity contribution in [1.82, 2.24) is 9.47 Å². The standard InChI is InChI=1S/C23H23N3O/c1-25-19-10-6-5-9-16(19)17-11-20-18(13-24)22(27)12-21(23(17)25)26(20)14-15-7-3-2-4-8-15/h2-10,13,20-21H,11-12,14,24H2,1H3/b18-13+/t20-,21-/m0/s1. The zero-order valence-corrected chi connectivity index (χ0v) is 15.4. The summed E-state index contributed by atoms with van der Waals surface area (Å²) < 4.78 is 2.29. The minimum Gasteiger partial charge on any atom is -0.404 e. The first kappa shape index (κ1) is 16.3. The first-order chi connectivity index (χ1) is 13.2. The molecule has 4 nitrogen and oxygen atoms in total. The molecule has 2 aliphatic heterocycles. The lowest BCUT2D eigenvalue weighted by Gasteiger charge is -2.46. The number of nitrogens with zero attached hydrogens (tertiary/aromatic N) is 2. The summed E-state index contributed by atoms with van der Waals surface area (Å²) in [5.41, 5.74) is 11.8. The van der Waals surface area contributed by atoms with Gasteiger partial charge in [0.15, 0.2) is 5.78 Å². The minimum atomic E-state index is 0.0414. The minimum absolute atomic E-state index is 0.0414. The number of aryl methyl sites for hydroxylation is 1. The van der Waals surface area contributed by atoms with Crippen LogP contribution in [0.25, 0.3) is 10.9 Å². The molecule has 136 valence electrons. The van der Waals surface area contributed by atoms with Gasteiger partial charge in [0, 0.05) is 54.4 Å². The molecule has 2 aliphatic rings. The van der Waals surface area contributed by atoms with E-state index in [0.717, 1.165) is 18.5 Å². The molecule has 1 aromatic heterocycles. The number of Topliss-reactive ketones (excluding diaryl/α,β-unsaturated/α-hetero) is 1. The summed E-state index contributed by atoms with van der Waals surface area (Å²) in [5, 5.41) is 1.30. The average molecular weight is 357 g/mol.